The molecule has 0 amide bonds. The van der Waals surface area contributed by atoms with E-state index in [1.807, 2.05) is 12.2 Å². The van der Waals surface area contributed by atoms with Crippen LogP contribution in [0.2, 0.25) is 0 Å². The first kappa shape index (κ1) is 7.88. The third kappa shape index (κ3) is 2.91. The topological polar surface area (TPSA) is 35.0 Å². The van der Waals surface area contributed by atoms with Gasteiger partial charge in [0.2, 0.25) is 0 Å². The molecule has 1 aromatic rings. The van der Waals surface area contributed by atoms with Crippen LogP contribution in [-0.4, -0.2) is 23.7 Å². The van der Waals surface area contributed by atoms with Crippen molar-refractivity contribution in [2.24, 2.45) is 0 Å². The van der Waals surface area contributed by atoms with Crippen LogP contribution in [0.25, 0.3) is 6.08 Å². The van der Waals surface area contributed by atoms with E-state index >= 15 is 0 Å². The highest BCUT2D eigenvalue weighted by molar-refractivity contribution is 5.38. The maximum atomic E-state index is 4.82. The van der Waals surface area contributed by atoms with Gasteiger partial charge in [-0.2, -0.15) is 0 Å². The Labute approximate surface area is 65.8 Å². The lowest BCUT2D eigenvalue weighted by Gasteiger charge is -1.89. The fraction of sp³-hybridized carbons (Fsp3) is 0.250. The number of hydrogen-bond donors (Lipinski definition) is 0. The molecular formula is C8H10N2O. The minimum atomic E-state index is 0.595. The van der Waals surface area contributed by atoms with Crippen LogP contribution in [0.3, 0.4) is 0 Å². The van der Waals surface area contributed by atoms with Crippen molar-refractivity contribution in [3.8, 4) is 0 Å². The van der Waals surface area contributed by atoms with Crippen LogP contribution < -0.4 is 0 Å². The largest absolute Gasteiger partial charge is 0.381 e. The minimum absolute atomic E-state index is 0.595. The Balaban J connectivity index is 2.50. The number of ether oxygens (including phenoxy) is 1. The number of aromatic nitrogens is 2. The molecule has 0 fully saturated rings. The normalized spacial score (nSPS) is 10.6. The van der Waals surface area contributed by atoms with E-state index in [4.69, 9.17) is 4.74 Å². The maximum absolute atomic E-state index is 4.82. The van der Waals surface area contributed by atoms with Gasteiger partial charge >= 0.3 is 0 Å². The van der Waals surface area contributed by atoms with Crippen molar-refractivity contribution in [2.75, 3.05) is 13.7 Å². The van der Waals surface area contributed by atoms with E-state index in [0.717, 1.165) is 0 Å². The number of methoxy groups -OCH3 is 1. The zero-order valence-corrected chi connectivity index (χ0v) is 6.40. The van der Waals surface area contributed by atoms with Crippen molar-refractivity contribution in [1.82, 2.24) is 9.97 Å². The molecule has 11 heavy (non-hydrogen) atoms. The predicted molar refractivity (Wildman–Crippen MR) is 42.9 cm³/mol. The predicted octanol–water partition coefficient (Wildman–Crippen LogP) is 1.14. The van der Waals surface area contributed by atoms with Gasteiger partial charge in [-0.25, -0.2) is 9.97 Å². The molecule has 0 aliphatic heterocycles. The summed E-state index contributed by atoms with van der Waals surface area (Å²) >= 11 is 0. The molecule has 3 heteroatoms. The van der Waals surface area contributed by atoms with Gasteiger partial charge in [0.1, 0.15) is 0 Å². The summed E-state index contributed by atoms with van der Waals surface area (Å²) < 4.78 is 4.82. The van der Waals surface area contributed by atoms with Crippen LogP contribution in [0.5, 0.6) is 0 Å². The van der Waals surface area contributed by atoms with Gasteiger partial charge in [0.15, 0.2) is 5.82 Å². The average molecular weight is 150 g/mol. The van der Waals surface area contributed by atoms with Crippen LogP contribution in [0.1, 0.15) is 5.82 Å². The third-order valence-electron chi connectivity index (χ3n) is 1.12. The summed E-state index contributed by atoms with van der Waals surface area (Å²) in [4.78, 5) is 7.99. The molecule has 1 aromatic heterocycles. The Morgan fingerprint density at radius 2 is 2.18 bits per heavy atom. The Bertz CT molecular complexity index is 221. The second-order valence-corrected chi connectivity index (χ2v) is 1.96. The van der Waals surface area contributed by atoms with Crippen LogP contribution in [-0.2, 0) is 4.74 Å². The highest BCUT2D eigenvalue weighted by Crippen LogP contribution is 1.90. The van der Waals surface area contributed by atoms with Crippen molar-refractivity contribution in [2.45, 2.75) is 0 Å². The zero-order chi connectivity index (χ0) is 7.94. The fourth-order valence-electron chi connectivity index (χ4n) is 0.646. The molecule has 0 spiro atoms. The molecule has 0 atom stereocenters. The molecule has 0 N–H and O–H groups in total. The molecule has 1 heterocycles. The van der Waals surface area contributed by atoms with Gasteiger partial charge < -0.3 is 4.74 Å². The molecule has 0 saturated carbocycles. The maximum Gasteiger partial charge on any atom is 0.151 e. The van der Waals surface area contributed by atoms with Gasteiger partial charge in [-0.1, -0.05) is 6.08 Å². The molecule has 0 aliphatic carbocycles. The Morgan fingerprint density at radius 3 is 2.82 bits per heavy atom. The highest BCUT2D eigenvalue weighted by atomic mass is 16.5. The Hall–Kier alpha value is -1.22. The van der Waals surface area contributed by atoms with Crippen LogP contribution in [0.4, 0.5) is 0 Å². The van der Waals surface area contributed by atoms with Crippen LogP contribution in [0.15, 0.2) is 24.5 Å². The molecule has 0 saturated heterocycles. The van der Waals surface area contributed by atoms with Gasteiger partial charge in [0.25, 0.3) is 0 Å². The van der Waals surface area contributed by atoms with E-state index in [1.54, 1.807) is 25.6 Å². The van der Waals surface area contributed by atoms with Crippen molar-refractivity contribution in [3.05, 3.63) is 30.4 Å². The second kappa shape index (κ2) is 4.57. The fourth-order valence-corrected chi connectivity index (χ4v) is 0.646. The van der Waals surface area contributed by atoms with Gasteiger partial charge in [0, 0.05) is 19.5 Å². The van der Waals surface area contributed by atoms with Crippen molar-refractivity contribution < 1.29 is 4.74 Å². The van der Waals surface area contributed by atoms with Crippen molar-refractivity contribution in [3.63, 3.8) is 0 Å². The lowest BCUT2D eigenvalue weighted by molar-refractivity contribution is 0.234. The standard InChI is InChI=1S/C8H10N2O/c1-11-7-2-4-8-9-5-3-6-10-8/h2-6H,7H2,1H3/b4-2+. The van der Waals surface area contributed by atoms with Gasteiger partial charge in [-0.05, 0) is 12.1 Å². The van der Waals surface area contributed by atoms with E-state index in [0.29, 0.717) is 12.4 Å². The molecule has 3 nitrogen and oxygen atoms in total. The van der Waals surface area contributed by atoms with E-state index in [1.165, 1.54) is 0 Å². The summed E-state index contributed by atoms with van der Waals surface area (Å²) in [7, 11) is 1.65. The lowest BCUT2D eigenvalue weighted by Crippen LogP contribution is -1.85. The number of nitrogens with zero attached hydrogens (tertiary/aromatic N) is 2. The summed E-state index contributed by atoms with van der Waals surface area (Å²) in [6.07, 6.45) is 7.11. The Kier molecular flexibility index (Phi) is 3.28. The SMILES string of the molecule is COC/C=C/c1ncccn1. The summed E-state index contributed by atoms with van der Waals surface area (Å²) in [5, 5.41) is 0. The molecule has 0 bridgehead atoms. The molecule has 0 radical (unpaired) electrons. The van der Waals surface area contributed by atoms with Crippen LogP contribution >= 0.6 is 0 Å². The monoisotopic (exact) mass is 150 g/mol. The molecule has 58 valence electrons. The molecule has 0 unspecified atom stereocenters. The summed E-state index contributed by atoms with van der Waals surface area (Å²) in [5.41, 5.74) is 0. The van der Waals surface area contributed by atoms with Gasteiger partial charge in [0.05, 0.1) is 6.61 Å². The van der Waals surface area contributed by atoms with Gasteiger partial charge in [-0.15, -0.1) is 0 Å². The van der Waals surface area contributed by atoms with E-state index in [-0.39, 0.29) is 0 Å². The lowest BCUT2D eigenvalue weighted by atomic mass is 10.5. The molecule has 1 rings (SSSR count). The molecule has 0 aliphatic rings. The van der Waals surface area contributed by atoms with E-state index in [9.17, 15) is 0 Å². The van der Waals surface area contributed by atoms with Crippen molar-refractivity contribution in [1.29, 1.82) is 0 Å². The first-order valence-electron chi connectivity index (χ1n) is 3.36. The minimum Gasteiger partial charge on any atom is -0.381 e. The van der Waals surface area contributed by atoms with E-state index < -0.39 is 0 Å². The molecular weight excluding hydrogens is 140 g/mol. The third-order valence-corrected chi connectivity index (χ3v) is 1.12. The van der Waals surface area contributed by atoms with Crippen molar-refractivity contribution >= 4 is 6.08 Å². The van der Waals surface area contributed by atoms with E-state index in [2.05, 4.69) is 9.97 Å². The molecule has 0 aromatic carbocycles. The smallest absolute Gasteiger partial charge is 0.151 e. The summed E-state index contributed by atoms with van der Waals surface area (Å²) in [6, 6.07) is 1.79. The summed E-state index contributed by atoms with van der Waals surface area (Å²) in [6.45, 7) is 0.595. The first-order chi connectivity index (χ1) is 5.43. The average Bonchev–Trinajstić information content (AvgIpc) is 2.07. The van der Waals surface area contributed by atoms with Crippen LogP contribution in [0, 0.1) is 0 Å². The number of rotatable bonds is 3. The van der Waals surface area contributed by atoms with Gasteiger partial charge in [-0.3, -0.25) is 0 Å². The second-order valence-electron chi connectivity index (χ2n) is 1.96. The quantitative estimate of drug-likeness (QED) is 0.648. The Morgan fingerprint density at radius 1 is 1.45 bits per heavy atom. The highest BCUT2D eigenvalue weighted by Gasteiger charge is 1.83. The summed E-state index contributed by atoms with van der Waals surface area (Å²) in [5.74, 6) is 0.713. The zero-order valence-electron chi connectivity index (χ0n) is 6.40. The first-order valence-corrected chi connectivity index (χ1v) is 3.36. The number of hydrogen-bond acceptors (Lipinski definition) is 3.